The molecular formula is C12H20N3O3-. The van der Waals surface area contributed by atoms with Crippen LogP contribution in [0.15, 0.2) is 0 Å². The summed E-state index contributed by atoms with van der Waals surface area (Å²) >= 11 is 0. The fourth-order valence-corrected chi connectivity index (χ4v) is 1.87. The highest BCUT2D eigenvalue weighted by molar-refractivity contribution is 5.79. The molecule has 18 heavy (non-hydrogen) atoms. The molecule has 6 heteroatoms. The fourth-order valence-electron chi connectivity index (χ4n) is 1.87. The molecule has 0 saturated carbocycles. The molecule has 6 nitrogen and oxygen atoms in total. The molecule has 0 aromatic heterocycles. The zero-order valence-electron chi connectivity index (χ0n) is 11.0. The largest absolute Gasteiger partial charge is 0.520 e. The molecule has 102 valence electrons. The average molecular weight is 254 g/mol. The molecule has 0 unspecified atom stereocenters. The van der Waals surface area contributed by atoms with E-state index in [-0.39, 0.29) is 31.8 Å². The van der Waals surface area contributed by atoms with Gasteiger partial charge in [0.05, 0.1) is 20.0 Å². The maximum Gasteiger partial charge on any atom is 0.225 e. The van der Waals surface area contributed by atoms with E-state index in [4.69, 9.17) is 0 Å². The van der Waals surface area contributed by atoms with E-state index in [1.165, 1.54) is 14.7 Å². The Kier molecular flexibility index (Phi) is 5.61. The summed E-state index contributed by atoms with van der Waals surface area (Å²) in [4.78, 5) is 38.7. The molecule has 0 aliphatic carbocycles. The van der Waals surface area contributed by atoms with E-state index >= 15 is 0 Å². The van der Waals surface area contributed by atoms with Gasteiger partial charge in [-0.25, -0.2) is 0 Å². The van der Waals surface area contributed by atoms with E-state index in [2.05, 4.69) is 0 Å². The molecule has 0 aromatic rings. The van der Waals surface area contributed by atoms with Crippen molar-refractivity contribution in [2.45, 2.75) is 39.5 Å². The Hall–Kier alpha value is -1.59. The van der Waals surface area contributed by atoms with Crippen LogP contribution in [-0.2, 0) is 14.4 Å². The van der Waals surface area contributed by atoms with Crippen molar-refractivity contribution in [2.24, 2.45) is 0 Å². The molecule has 1 saturated heterocycles. The highest BCUT2D eigenvalue weighted by atomic mass is 16.2. The standard InChI is InChI=1S/C12H20N3O3/c1-3-5-11(17)14-7-13(10-16)8-15(9-14)12(18)6-4-2/h3-9H2,1-2H3/q-1. The molecule has 0 bridgehead atoms. The van der Waals surface area contributed by atoms with Gasteiger partial charge in [-0.3, -0.25) is 9.59 Å². The van der Waals surface area contributed by atoms with Crippen LogP contribution in [0.1, 0.15) is 39.5 Å². The second-order valence-corrected chi connectivity index (χ2v) is 4.42. The van der Waals surface area contributed by atoms with Gasteiger partial charge in [-0.2, -0.15) is 6.41 Å². The highest BCUT2D eigenvalue weighted by Crippen LogP contribution is 2.10. The zero-order valence-corrected chi connectivity index (χ0v) is 11.0. The number of hydrogen-bond donors (Lipinski definition) is 0. The summed E-state index contributed by atoms with van der Waals surface area (Å²) in [5.74, 6) is -0.0708. The normalized spacial score (nSPS) is 15.8. The monoisotopic (exact) mass is 254 g/mol. The van der Waals surface area contributed by atoms with Crippen LogP contribution >= 0.6 is 0 Å². The van der Waals surface area contributed by atoms with Gasteiger partial charge in [0.1, 0.15) is 0 Å². The third-order valence-corrected chi connectivity index (χ3v) is 2.79. The maximum absolute atomic E-state index is 11.8. The Labute approximate surface area is 108 Å². The predicted molar refractivity (Wildman–Crippen MR) is 65.6 cm³/mol. The summed E-state index contributed by atoms with van der Waals surface area (Å²) in [6.07, 6.45) is 4.13. The lowest BCUT2D eigenvalue weighted by Crippen LogP contribution is -2.57. The van der Waals surface area contributed by atoms with Crippen molar-refractivity contribution >= 4 is 18.2 Å². The molecule has 0 atom stereocenters. The van der Waals surface area contributed by atoms with E-state index in [1.54, 1.807) is 6.41 Å². The summed E-state index contributed by atoms with van der Waals surface area (Å²) < 4.78 is 0. The van der Waals surface area contributed by atoms with Crippen LogP contribution < -0.4 is 0 Å². The van der Waals surface area contributed by atoms with Crippen LogP contribution in [0.2, 0.25) is 0 Å². The van der Waals surface area contributed by atoms with Crippen molar-refractivity contribution < 1.29 is 14.4 Å². The molecular weight excluding hydrogens is 234 g/mol. The van der Waals surface area contributed by atoms with Gasteiger partial charge < -0.3 is 19.5 Å². The van der Waals surface area contributed by atoms with Crippen LogP contribution in [0.25, 0.3) is 0 Å². The second kappa shape index (κ2) is 6.98. The van der Waals surface area contributed by atoms with E-state index in [0.717, 1.165) is 12.8 Å². The smallest absolute Gasteiger partial charge is 0.225 e. The predicted octanol–water partition coefficient (Wildman–Crippen LogP) is 0.499. The Morgan fingerprint density at radius 3 is 1.72 bits per heavy atom. The number of hydrogen-bond acceptors (Lipinski definition) is 3. The molecule has 1 rings (SSSR count). The van der Waals surface area contributed by atoms with Crippen molar-refractivity contribution in [1.82, 2.24) is 14.7 Å². The lowest BCUT2D eigenvalue weighted by atomic mass is 10.3. The molecule has 1 heterocycles. The van der Waals surface area contributed by atoms with Gasteiger partial charge in [-0.15, -0.1) is 0 Å². The molecule has 1 aliphatic rings. The van der Waals surface area contributed by atoms with Crippen molar-refractivity contribution in [3.8, 4) is 0 Å². The molecule has 3 amide bonds. The summed E-state index contributed by atoms with van der Waals surface area (Å²) in [6.45, 7) is 4.56. The van der Waals surface area contributed by atoms with Gasteiger partial charge in [0, 0.05) is 12.8 Å². The van der Waals surface area contributed by atoms with E-state index < -0.39 is 0 Å². The van der Waals surface area contributed by atoms with Crippen LogP contribution in [0.5, 0.6) is 0 Å². The summed E-state index contributed by atoms with van der Waals surface area (Å²) in [5, 5.41) is 0. The fraction of sp³-hybridized carbons (Fsp3) is 0.750. The highest BCUT2D eigenvalue weighted by Gasteiger charge is 2.24. The minimum absolute atomic E-state index is 0.0354. The number of rotatable bonds is 5. The van der Waals surface area contributed by atoms with E-state index in [9.17, 15) is 14.4 Å². The Balaban J connectivity index is 2.67. The van der Waals surface area contributed by atoms with Gasteiger partial charge in [-0.05, 0) is 12.8 Å². The third-order valence-electron chi connectivity index (χ3n) is 2.79. The van der Waals surface area contributed by atoms with Gasteiger partial charge in [0.25, 0.3) is 0 Å². The van der Waals surface area contributed by atoms with Crippen LogP contribution in [0, 0.1) is 0 Å². The third kappa shape index (κ3) is 3.72. The molecule has 1 aliphatic heterocycles. The molecule has 0 radical (unpaired) electrons. The maximum atomic E-state index is 11.8. The first-order valence-corrected chi connectivity index (χ1v) is 6.30. The Morgan fingerprint density at radius 2 is 1.39 bits per heavy atom. The first-order chi connectivity index (χ1) is 8.62. The number of nitrogens with zero attached hydrogens (tertiary/aromatic N) is 3. The van der Waals surface area contributed by atoms with Crippen molar-refractivity contribution in [1.29, 1.82) is 0 Å². The second-order valence-electron chi connectivity index (χ2n) is 4.42. The topological polar surface area (TPSA) is 60.9 Å². The van der Waals surface area contributed by atoms with Gasteiger partial charge in [0.2, 0.25) is 11.8 Å². The van der Waals surface area contributed by atoms with E-state index in [0.29, 0.717) is 12.8 Å². The molecule has 0 N–H and O–H groups in total. The number of carbonyl (C=O) groups excluding carboxylic acids is 3. The van der Waals surface area contributed by atoms with Gasteiger partial charge >= 0.3 is 0 Å². The van der Waals surface area contributed by atoms with Gasteiger partial charge in [-0.1, -0.05) is 13.8 Å². The first kappa shape index (κ1) is 14.5. The molecule has 0 spiro atoms. The SMILES string of the molecule is CCCC(=O)N1CN([C-]=O)CN(C(=O)CCC)C1. The van der Waals surface area contributed by atoms with Crippen LogP contribution in [-0.4, -0.2) is 52.9 Å². The number of amides is 3. The van der Waals surface area contributed by atoms with Crippen LogP contribution in [0.3, 0.4) is 0 Å². The van der Waals surface area contributed by atoms with Crippen LogP contribution in [0.4, 0.5) is 0 Å². The number of carbonyl (C=O) groups is 2. The summed E-state index contributed by atoms with van der Waals surface area (Å²) in [5.41, 5.74) is 0. The quantitative estimate of drug-likeness (QED) is 0.671. The molecule has 1 fully saturated rings. The van der Waals surface area contributed by atoms with E-state index in [1.807, 2.05) is 13.8 Å². The minimum atomic E-state index is -0.0354. The molecule has 0 aromatic carbocycles. The minimum Gasteiger partial charge on any atom is -0.520 e. The van der Waals surface area contributed by atoms with Crippen molar-refractivity contribution in [3.05, 3.63) is 0 Å². The van der Waals surface area contributed by atoms with Crippen molar-refractivity contribution in [2.75, 3.05) is 20.0 Å². The Morgan fingerprint density at radius 1 is 0.944 bits per heavy atom. The zero-order chi connectivity index (χ0) is 13.5. The average Bonchev–Trinajstić information content (AvgIpc) is 2.38. The van der Waals surface area contributed by atoms with Gasteiger partial charge in [0.15, 0.2) is 0 Å². The summed E-state index contributed by atoms with van der Waals surface area (Å²) in [6, 6.07) is 0. The summed E-state index contributed by atoms with van der Waals surface area (Å²) in [7, 11) is 0. The Bertz CT molecular complexity index is 294. The lowest BCUT2D eigenvalue weighted by molar-refractivity contribution is -0.148. The van der Waals surface area contributed by atoms with Crippen molar-refractivity contribution in [3.63, 3.8) is 0 Å². The first-order valence-electron chi connectivity index (χ1n) is 6.30. The lowest BCUT2D eigenvalue weighted by Gasteiger charge is -2.46.